The van der Waals surface area contributed by atoms with Gasteiger partial charge in [0.15, 0.2) is 0 Å². The fourth-order valence-corrected chi connectivity index (χ4v) is 5.01. The van der Waals surface area contributed by atoms with Crippen LogP contribution in [0.4, 0.5) is 0 Å². The van der Waals surface area contributed by atoms with Gasteiger partial charge in [0, 0.05) is 30.5 Å². The van der Waals surface area contributed by atoms with E-state index in [2.05, 4.69) is 0 Å². The lowest BCUT2D eigenvalue weighted by molar-refractivity contribution is 0.411. The van der Waals surface area contributed by atoms with Crippen LogP contribution in [0.15, 0.2) is 36.4 Å². The largest absolute Gasteiger partial charge is 0.508 e. The monoisotopic (exact) mass is 488 g/mol. The molecule has 0 radical (unpaired) electrons. The van der Waals surface area contributed by atoms with Crippen molar-refractivity contribution in [1.29, 1.82) is 0 Å². The van der Waals surface area contributed by atoms with Gasteiger partial charge in [-0.25, -0.2) is 0 Å². The van der Waals surface area contributed by atoms with E-state index in [1.807, 2.05) is 12.1 Å². The summed E-state index contributed by atoms with van der Waals surface area (Å²) in [5.41, 5.74) is 3.38. The van der Waals surface area contributed by atoms with Gasteiger partial charge in [-0.1, -0.05) is 54.6 Å². The van der Waals surface area contributed by atoms with Crippen LogP contribution in [0.3, 0.4) is 0 Å². The topological polar surface area (TPSA) is 101 Å². The first-order chi connectivity index (χ1) is 15.7. The van der Waals surface area contributed by atoms with E-state index in [1.165, 1.54) is 30.7 Å². The Kier molecular flexibility index (Phi) is 6.82. The maximum atomic E-state index is 11.2. The van der Waals surface area contributed by atoms with Crippen LogP contribution in [0.25, 0.3) is 0 Å². The zero-order valence-corrected chi connectivity index (χ0v) is 19.5. The van der Waals surface area contributed by atoms with E-state index in [1.54, 1.807) is 0 Å². The molecular formula is C26H26Cl2O5. The van der Waals surface area contributed by atoms with Crippen molar-refractivity contribution >= 4 is 23.2 Å². The van der Waals surface area contributed by atoms with Crippen molar-refractivity contribution < 1.29 is 25.5 Å². The van der Waals surface area contributed by atoms with E-state index in [9.17, 15) is 25.5 Å². The summed E-state index contributed by atoms with van der Waals surface area (Å²) >= 11 is 12.1. The van der Waals surface area contributed by atoms with Gasteiger partial charge in [0.1, 0.15) is 28.7 Å². The summed E-state index contributed by atoms with van der Waals surface area (Å²) in [6.07, 6.45) is 5.93. The lowest BCUT2D eigenvalue weighted by Gasteiger charge is -2.25. The van der Waals surface area contributed by atoms with Gasteiger partial charge >= 0.3 is 0 Å². The minimum atomic E-state index is -0.210. The molecule has 33 heavy (non-hydrogen) atoms. The van der Waals surface area contributed by atoms with Crippen molar-refractivity contribution in [3.05, 3.63) is 74.3 Å². The summed E-state index contributed by atoms with van der Waals surface area (Å²) in [4.78, 5) is 0. The van der Waals surface area contributed by atoms with E-state index < -0.39 is 0 Å². The molecule has 0 spiro atoms. The molecule has 0 aliphatic heterocycles. The van der Waals surface area contributed by atoms with Crippen LogP contribution in [0.1, 0.15) is 65.8 Å². The molecule has 0 amide bonds. The fraction of sp³-hybridized carbons (Fsp3) is 0.308. The number of halogens is 2. The first-order valence-corrected chi connectivity index (χ1v) is 11.7. The molecule has 3 aromatic carbocycles. The first kappa shape index (κ1) is 23.4. The van der Waals surface area contributed by atoms with E-state index in [0.717, 1.165) is 36.8 Å². The molecule has 5 nitrogen and oxygen atoms in total. The van der Waals surface area contributed by atoms with Crippen molar-refractivity contribution in [2.45, 2.75) is 50.9 Å². The number of rotatable bonds is 5. The quantitative estimate of drug-likeness (QED) is 0.273. The zero-order chi connectivity index (χ0) is 23.7. The van der Waals surface area contributed by atoms with Crippen molar-refractivity contribution in [1.82, 2.24) is 0 Å². The number of aromatic hydroxyl groups is 5. The molecule has 0 heterocycles. The molecule has 1 aliphatic rings. The summed E-state index contributed by atoms with van der Waals surface area (Å²) in [7, 11) is 0. The standard InChI is InChI=1S/C26H26Cl2O5/c27-20-10-16(22(29)12-24(20)31)6-14-7-18(9-17-11-21(28)25(32)13-23(17)30)26(33)19(8-14)15-4-2-1-3-5-15/h7-8,10-13,15,29-33H,1-6,9H2. The van der Waals surface area contributed by atoms with Gasteiger partial charge in [0.25, 0.3) is 0 Å². The van der Waals surface area contributed by atoms with Gasteiger partial charge in [-0.05, 0) is 53.1 Å². The Morgan fingerprint density at radius 2 is 1.15 bits per heavy atom. The van der Waals surface area contributed by atoms with Crippen LogP contribution in [0.2, 0.25) is 10.0 Å². The summed E-state index contributed by atoms with van der Waals surface area (Å²) < 4.78 is 0. The van der Waals surface area contributed by atoms with Crippen LogP contribution in [0, 0.1) is 0 Å². The van der Waals surface area contributed by atoms with Crippen LogP contribution in [-0.2, 0) is 12.8 Å². The Hall–Kier alpha value is -2.76. The molecule has 0 saturated heterocycles. The Bertz CT molecular complexity index is 1190. The number of hydrogen-bond donors (Lipinski definition) is 5. The zero-order valence-electron chi connectivity index (χ0n) is 18.0. The van der Waals surface area contributed by atoms with Crippen molar-refractivity contribution in [2.75, 3.05) is 0 Å². The van der Waals surface area contributed by atoms with Crippen molar-refractivity contribution in [3.63, 3.8) is 0 Å². The molecule has 3 aromatic rings. The lowest BCUT2D eigenvalue weighted by Crippen LogP contribution is -2.07. The van der Waals surface area contributed by atoms with Crippen LogP contribution in [-0.4, -0.2) is 25.5 Å². The summed E-state index contributed by atoms with van der Waals surface area (Å²) in [6.45, 7) is 0. The van der Waals surface area contributed by atoms with Gasteiger partial charge in [0.05, 0.1) is 10.0 Å². The maximum Gasteiger partial charge on any atom is 0.137 e. The van der Waals surface area contributed by atoms with E-state index in [0.29, 0.717) is 23.1 Å². The third-order valence-corrected chi connectivity index (χ3v) is 7.00. The molecule has 174 valence electrons. The molecule has 1 saturated carbocycles. The highest BCUT2D eigenvalue weighted by atomic mass is 35.5. The van der Waals surface area contributed by atoms with Crippen LogP contribution in [0.5, 0.6) is 28.7 Å². The first-order valence-electron chi connectivity index (χ1n) is 11.0. The van der Waals surface area contributed by atoms with Gasteiger partial charge in [-0.2, -0.15) is 0 Å². The third-order valence-electron chi connectivity index (χ3n) is 6.39. The average molecular weight is 489 g/mol. The molecule has 1 aliphatic carbocycles. The normalized spacial score (nSPS) is 14.5. The van der Waals surface area contributed by atoms with E-state index in [-0.39, 0.29) is 51.1 Å². The number of benzene rings is 3. The molecule has 4 rings (SSSR count). The Labute approximate surface area is 202 Å². The molecule has 1 fully saturated rings. The SMILES string of the molecule is Oc1cc(O)c(Cc2cc(Cc3cc(Cl)c(O)cc3O)c(O)c(C3CCCCC3)c2)cc1Cl. The Balaban J connectivity index is 1.77. The van der Waals surface area contributed by atoms with Gasteiger partial charge in [0.2, 0.25) is 0 Å². The Morgan fingerprint density at radius 1 is 0.606 bits per heavy atom. The highest BCUT2D eigenvalue weighted by Crippen LogP contribution is 2.42. The maximum absolute atomic E-state index is 11.2. The molecule has 0 aromatic heterocycles. The molecule has 0 atom stereocenters. The van der Waals surface area contributed by atoms with Crippen LogP contribution < -0.4 is 0 Å². The number of phenols is 5. The number of phenolic OH excluding ortho intramolecular Hbond substituents is 5. The fourth-order valence-electron chi connectivity index (χ4n) is 4.64. The summed E-state index contributed by atoms with van der Waals surface area (Å²) in [5, 5.41) is 51.5. The molecule has 0 unspecified atom stereocenters. The minimum Gasteiger partial charge on any atom is -0.508 e. The van der Waals surface area contributed by atoms with Gasteiger partial charge in [-0.3, -0.25) is 0 Å². The Morgan fingerprint density at radius 3 is 1.73 bits per heavy atom. The predicted molar refractivity (Wildman–Crippen MR) is 129 cm³/mol. The molecular weight excluding hydrogens is 463 g/mol. The third kappa shape index (κ3) is 5.10. The lowest BCUT2D eigenvalue weighted by atomic mass is 9.81. The van der Waals surface area contributed by atoms with Crippen molar-refractivity contribution in [3.8, 4) is 28.7 Å². The summed E-state index contributed by atoms with van der Waals surface area (Å²) in [6, 6.07) is 9.24. The summed E-state index contributed by atoms with van der Waals surface area (Å²) in [5.74, 6) is -0.142. The minimum absolute atomic E-state index is 0.0614. The second-order valence-corrected chi connectivity index (χ2v) is 9.56. The van der Waals surface area contributed by atoms with E-state index in [4.69, 9.17) is 23.2 Å². The second kappa shape index (κ2) is 9.62. The van der Waals surface area contributed by atoms with Crippen LogP contribution >= 0.6 is 23.2 Å². The van der Waals surface area contributed by atoms with E-state index >= 15 is 0 Å². The molecule has 5 N–H and O–H groups in total. The smallest absolute Gasteiger partial charge is 0.137 e. The predicted octanol–water partition coefficient (Wildman–Crippen LogP) is 6.75. The average Bonchev–Trinajstić information content (AvgIpc) is 2.78. The van der Waals surface area contributed by atoms with Gasteiger partial charge in [-0.15, -0.1) is 0 Å². The molecule has 7 heteroatoms. The number of hydrogen-bond acceptors (Lipinski definition) is 5. The van der Waals surface area contributed by atoms with Gasteiger partial charge < -0.3 is 25.5 Å². The van der Waals surface area contributed by atoms with Crippen molar-refractivity contribution in [2.24, 2.45) is 0 Å². The molecule has 0 bridgehead atoms. The highest BCUT2D eigenvalue weighted by Gasteiger charge is 2.22. The second-order valence-electron chi connectivity index (χ2n) is 8.75. The highest BCUT2D eigenvalue weighted by molar-refractivity contribution is 6.32.